The monoisotopic (exact) mass is 990 g/mol. The van der Waals surface area contributed by atoms with Crippen LogP contribution in [0.2, 0.25) is 0 Å². The molecule has 0 fully saturated rings. The average Bonchev–Trinajstić information content (AvgIpc) is 3.99. The molecule has 75 heavy (non-hydrogen) atoms. The number of nitrogens with zero attached hydrogens (tertiary/aromatic N) is 4. The highest BCUT2D eigenvalue weighted by Crippen LogP contribution is 2.47. The van der Waals surface area contributed by atoms with Gasteiger partial charge in [-0.2, -0.15) is 0 Å². The Bertz CT molecular complexity index is 3760. The molecule has 1 aliphatic rings. The Morgan fingerprint density at radius 1 is 0.440 bits per heavy atom. The van der Waals surface area contributed by atoms with E-state index in [4.69, 9.17) is 9.72 Å². The quantitative estimate of drug-likeness (QED) is 0.101. The summed E-state index contributed by atoms with van der Waals surface area (Å²) in [7, 11) is -2.73. The molecule has 0 amide bonds. The standard InChI is InChI=1S/C69H62N4OSi/c1-48-39-67(70-46-62(48)49-23-21-32-59(40-49)75(56-26-11-8-12-27-56,57-28-13-9-14-29-57)58-30-15-10-16-31-58)73-63-34-18-17-33-60(63)61-38-37-55(45-66(61)73)74-54-25-22-24-52(44-54)71-47-72(65-36-20-19-35-64(65)71)53-42-50(68(2,3)4)41-51(43-53)69(5,6)7/h8-46H,47H2,1-7H3. The summed E-state index contributed by atoms with van der Waals surface area (Å²) in [4.78, 5) is 10.1. The van der Waals surface area contributed by atoms with Crippen LogP contribution in [0.4, 0.5) is 22.7 Å². The van der Waals surface area contributed by atoms with Gasteiger partial charge in [0.05, 0.1) is 22.4 Å². The lowest BCUT2D eigenvalue weighted by Gasteiger charge is -2.34. The average molecular weight is 991 g/mol. The molecule has 0 bridgehead atoms. The number of para-hydroxylation sites is 3. The van der Waals surface area contributed by atoms with Gasteiger partial charge in [-0.15, -0.1) is 0 Å². The van der Waals surface area contributed by atoms with Gasteiger partial charge >= 0.3 is 0 Å². The van der Waals surface area contributed by atoms with Crippen molar-refractivity contribution >= 4 is 73.4 Å². The minimum Gasteiger partial charge on any atom is -0.457 e. The molecule has 0 spiro atoms. The second-order valence-corrected chi connectivity index (χ2v) is 26.0. The lowest BCUT2D eigenvalue weighted by molar-refractivity contribution is 0.483. The summed E-state index contributed by atoms with van der Waals surface area (Å²) in [5, 5.41) is 7.70. The Labute approximate surface area is 443 Å². The normalized spacial score (nSPS) is 12.9. The largest absolute Gasteiger partial charge is 0.457 e. The molecule has 11 aromatic rings. The van der Waals surface area contributed by atoms with Gasteiger partial charge in [0.15, 0.2) is 8.07 Å². The molecule has 2 aromatic heterocycles. The minimum absolute atomic E-state index is 0.0108. The van der Waals surface area contributed by atoms with E-state index in [1.165, 1.54) is 54.3 Å². The Morgan fingerprint density at radius 2 is 0.973 bits per heavy atom. The fourth-order valence-corrected chi connectivity index (χ4v) is 16.1. The molecule has 0 saturated carbocycles. The number of aryl methyl sites for hydroxylation is 1. The predicted octanol–water partition coefficient (Wildman–Crippen LogP) is 15.2. The van der Waals surface area contributed by atoms with E-state index < -0.39 is 8.07 Å². The molecule has 3 heterocycles. The maximum atomic E-state index is 6.84. The van der Waals surface area contributed by atoms with Crippen LogP contribution in [-0.4, -0.2) is 24.3 Å². The van der Waals surface area contributed by atoms with Gasteiger partial charge in [0.25, 0.3) is 0 Å². The molecule has 1 aliphatic heterocycles. The van der Waals surface area contributed by atoms with Crippen LogP contribution >= 0.6 is 0 Å². The Hall–Kier alpha value is -8.45. The van der Waals surface area contributed by atoms with E-state index in [2.05, 4.69) is 300 Å². The number of ether oxygens (including phenoxy) is 1. The summed E-state index contributed by atoms with van der Waals surface area (Å²) < 4.78 is 9.13. The molecule has 12 rings (SSSR count). The summed E-state index contributed by atoms with van der Waals surface area (Å²) in [6, 6.07) is 84.2. The second kappa shape index (κ2) is 18.8. The molecule has 0 unspecified atom stereocenters. The topological polar surface area (TPSA) is 33.5 Å². The molecular formula is C69H62N4OSi. The smallest absolute Gasteiger partial charge is 0.179 e. The predicted molar refractivity (Wildman–Crippen MR) is 318 cm³/mol. The number of benzene rings is 9. The lowest BCUT2D eigenvalue weighted by atomic mass is 9.80. The Balaban J connectivity index is 0.888. The summed E-state index contributed by atoms with van der Waals surface area (Å²) in [5.74, 6) is 2.39. The van der Waals surface area contributed by atoms with E-state index in [9.17, 15) is 0 Å². The van der Waals surface area contributed by atoms with Crippen molar-refractivity contribution < 1.29 is 4.74 Å². The molecule has 0 N–H and O–H groups in total. The van der Waals surface area contributed by atoms with Gasteiger partial charge in [-0.3, -0.25) is 4.57 Å². The highest BCUT2D eigenvalue weighted by Gasteiger charge is 2.41. The first-order chi connectivity index (χ1) is 36.3. The van der Waals surface area contributed by atoms with Crippen LogP contribution < -0.4 is 35.3 Å². The molecular weight excluding hydrogens is 929 g/mol. The second-order valence-electron chi connectivity index (χ2n) is 22.2. The SMILES string of the molecule is Cc1cc(-n2c3ccccc3c3ccc(Oc4cccc(N5CN(c6cc(C(C)(C)C)cc(C(C)(C)C)c6)c6ccccc65)c4)cc32)ncc1-c1cccc([Si](c2ccccc2)(c2ccccc2)c2ccccc2)c1. The van der Waals surface area contributed by atoms with Crippen molar-refractivity contribution in [3.05, 3.63) is 253 Å². The van der Waals surface area contributed by atoms with Crippen molar-refractivity contribution in [3.63, 3.8) is 0 Å². The van der Waals surface area contributed by atoms with Gasteiger partial charge in [-0.25, -0.2) is 4.98 Å². The number of fused-ring (bicyclic) bond motifs is 4. The molecule has 368 valence electrons. The molecule has 0 atom stereocenters. The van der Waals surface area contributed by atoms with E-state index in [1.807, 2.05) is 0 Å². The minimum atomic E-state index is -2.73. The number of hydrogen-bond donors (Lipinski definition) is 0. The molecule has 0 aliphatic carbocycles. The zero-order chi connectivity index (χ0) is 51.5. The van der Waals surface area contributed by atoms with Gasteiger partial charge in [-0.1, -0.05) is 199 Å². The van der Waals surface area contributed by atoms with Crippen LogP contribution in [0.1, 0.15) is 58.2 Å². The van der Waals surface area contributed by atoms with Crippen LogP contribution in [0.25, 0.3) is 38.8 Å². The number of hydrogen-bond acceptors (Lipinski definition) is 4. The highest BCUT2D eigenvalue weighted by molar-refractivity contribution is 7.19. The van der Waals surface area contributed by atoms with E-state index in [1.54, 1.807) is 0 Å². The number of pyridine rings is 1. The summed E-state index contributed by atoms with van der Waals surface area (Å²) in [5.41, 5.74) is 12.9. The number of rotatable bonds is 10. The van der Waals surface area contributed by atoms with Crippen molar-refractivity contribution in [2.24, 2.45) is 0 Å². The van der Waals surface area contributed by atoms with Crippen molar-refractivity contribution in [2.45, 2.75) is 59.3 Å². The first-order valence-electron chi connectivity index (χ1n) is 26.2. The Morgan fingerprint density at radius 3 is 1.59 bits per heavy atom. The van der Waals surface area contributed by atoms with Crippen LogP contribution in [0.15, 0.2) is 237 Å². The van der Waals surface area contributed by atoms with Crippen LogP contribution in [0.3, 0.4) is 0 Å². The molecule has 9 aromatic carbocycles. The first-order valence-corrected chi connectivity index (χ1v) is 28.2. The van der Waals surface area contributed by atoms with Crippen molar-refractivity contribution in [2.75, 3.05) is 16.5 Å². The zero-order valence-corrected chi connectivity index (χ0v) is 44.9. The van der Waals surface area contributed by atoms with E-state index >= 15 is 0 Å². The van der Waals surface area contributed by atoms with E-state index in [0.717, 1.165) is 56.1 Å². The van der Waals surface area contributed by atoms with Crippen molar-refractivity contribution in [1.82, 2.24) is 9.55 Å². The number of aromatic nitrogens is 2. The van der Waals surface area contributed by atoms with Gasteiger partial charge in [0, 0.05) is 46.0 Å². The van der Waals surface area contributed by atoms with Gasteiger partial charge in [0.2, 0.25) is 0 Å². The summed E-state index contributed by atoms with van der Waals surface area (Å²) in [6.45, 7) is 16.7. The summed E-state index contributed by atoms with van der Waals surface area (Å²) in [6.07, 6.45) is 2.06. The van der Waals surface area contributed by atoms with E-state index in [-0.39, 0.29) is 10.8 Å². The third-order valence-corrected chi connectivity index (χ3v) is 20.0. The molecule has 0 saturated heterocycles. The van der Waals surface area contributed by atoms with Crippen LogP contribution in [0, 0.1) is 6.92 Å². The third kappa shape index (κ3) is 8.59. The number of anilines is 4. The summed E-state index contributed by atoms with van der Waals surface area (Å²) >= 11 is 0. The van der Waals surface area contributed by atoms with Crippen LogP contribution in [0.5, 0.6) is 11.5 Å². The van der Waals surface area contributed by atoms with Crippen LogP contribution in [-0.2, 0) is 10.8 Å². The zero-order valence-electron chi connectivity index (χ0n) is 43.9. The van der Waals surface area contributed by atoms with Gasteiger partial charge in [0.1, 0.15) is 24.0 Å². The first kappa shape index (κ1) is 47.5. The van der Waals surface area contributed by atoms with E-state index in [0.29, 0.717) is 6.67 Å². The van der Waals surface area contributed by atoms with Gasteiger partial charge < -0.3 is 14.5 Å². The highest BCUT2D eigenvalue weighted by atomic mass is 28.3. The molecule has 6 heteroatoms. The fourth-order valence-electron chi connectivity index (χ4n) is 11.4. The maximum Gasteiger partial charge on any atom is 0.179 e. The fraction of sp³-hybridized carbons (Fsp3) is 0.145. The van der Waals surface area contributed by atoms with Crippen molar-refractivity contribution in [3.8, 4) is 28.4 Å². The lowest BCUT2D eigenvalue weighted by Crippen LogP contribution is -2.74. The van der Waals surface area contributed by atoms with Gasteiger partial charge in [-0.05, 0) is 121 Å². The maximum absolute atomic E-state index is 6.84. The Kier molecular flexibility index (Phi) is 11.9. The van der Waals surface area contributed by atoms with Crippen molar-refractivity contribution in [1.29, 1.82) is 0 Å². The molecule has 0 radical (unpaired) electrons. The third-order valence-electron chi connectivity index (χ3n) is 15.3. The molecule has 5 nitrogen and oxygen atoms in total.